The van der Waals surface area contributed by atoms with Crippen LogP contribution in [0.15, 0.2) is 72.8 Å². The van der Waals surface area contributed by atoms with Gasteiger partial charge in [0.1, 0.15) is 11.6 Å². The molecule has 0 saturated carbocycles. The Balaban J connectivity index is 1.63. The molecule has 2 unspecified atom stereocenters. The Kier molecular flexibility index (Phi) is 8.90. The molecule has 15 heteroatoms. The smallest absolute Gasteiger partial charge is 0.323 e. The van der Waals surface area contributed by atoms with Gasteiger partial charge in [-0.2, -0.15) is 0 Å². The van der Waals surface area contributed by atoms with E-state index in [1.54, 1.807) is 0 Å². The van der Waals surface area contributed by atoms with Gasteiger partial charge in [-0.25, -0.2) is 18.4 Å². The maximum Gasteiger partial charge on any atom is 0.323 e. The minimum absolute atomic E-state index is 0.0775. The first-order chi connectivity index (χ1) is 20.0. The number of hydrogen-bond acceptors (Lipinski definition) is 6. The normalized spacial score (nSPS) is 15.0. The van der Waals surface area contributed by atoms with E-state index in [1.807, 2.05) is 0 Å². The number of aliphatic carboxylic acids is 1. The van der Waals surface area contributed by atoms with E-state index >= 15 is 0 Å². The summed E-state index contributed by atoms with van der Waals surface area (Å²) in [6, 6.07) is 11.8. The second-order valence-corrected chi connectivity index (χ2v) is 9.15. The molecule has 0 bridgehead atoms. The van der Waals surface area contributed by atoms with Crippen molar-refractivity contribution in [1.29, 1.82) is 0 Å². The number of rotatable bonds is 8. The zero-order valence-corrected chi connectivity index (χ0v) is 21.7. The van der Waals surface area contributed by atoms with Crippen molar-refractivity contribution in [3.05, 3.63) is 100 Å². The van der Waals surface area contributed by atoms with Crippen LogP contribution in [0.5, 0.6) is 0 Å². The van der Waals surface area contributed by atoms with E-state index < -0.39 is 59.1 Å². The van der Waals surface area contributed by atoms with Gasteiger partial charge >= 0.3 is 18.0 Å². The summed E-state index contributed by atoms with van der Waals surface area (Å²) in [4.78, 5) is 64.3. The molecule has 5 amide bonds. The Bertz CT molecular complexity index is 1520. The van der Waals surface area contributed by atoms with Crippen LogP contribution in [-0.2, 0) is 9.59 Å². The number of nitrogens with zero attached hydrogens (tertiary/aromatic N) is 3. The Labute approximate surface area is 236 Å². The first-order valence-corrected chi connectivity index (χ1v) is 12.4. The van der Waals surface area contributed by atoms with Crippen molar-refractivity contribution in [3.63, 3.8) is 0 Å². The second-order valence-electron chi connectivity index (χ2n) is 9.15. The second kappa shape index (κ2) is 12.7. The predicted molar refractivity (Wildman–Crippen MR) is 144 cm³/mol. The fourth-order valence-electron chi connectivity index (χ4n) is 4.35. The maximum absolute atomic E-state index is 13.7. The Morgan fingerprint density at radius 2 is 1.50 bits per heavy atom. The molecular weight excluding hydrogens is 558 g/mol. The van der Waals surface area contributed by atoms with Crippen molar-refractivity contribution in [2.45, 2.75) is 18.6 Å². The van der Waals surface area contributed by atoms with Crippen LogP contribution in [0, 0.1) is 21.7 Å². The molecule has 1 aliphatic rings. The number of carboxylic acid groups (broad SMARTS) is 1. The molecule has 0 radical (unpaired) electrons. The summed E-state index contributed by atoms with van der Waals surface area (Å²) < 4.78 is 27.0. The van der Waals surface area contributed by atoms with Crippen LogP contribution in [0.3, 0.4) is 0 Å². The van der Waals surface area contributed by atoms with E-state index in [2.05, 4.69) is 16.0 Å². The number of benzene rings is 3. The van der Waals surface area contributed by atoms with E-state index in [0.717, 1.165) is 34.1 Å². The summed E-state index contributed by atoms with van der Waals surface area (Å²) in [6.45, 7) is -0.279. The van der Waals surface area contributed by atoms with Gasteiger partial charge in [0.15, 0.2) is 6.17 Å². The summed E-state index contributed by atoms with van der Waals surface area (Å²) in [5.74, 6) is -3.46. The highest BCUT2D eigenvalue weighted by molar-refractivity contribution is 5.98. The number of carbonyl (C=O) groups excluding carboxylic acids is 3. The highest BCUT2D eigenvalue weighted by Crippen LogP contribution is 2.25. The summed E-state index contributed by atoms with van der Waals surface area (Å²) in [6.07, 6.45) is -2.29. The number of amides is 5. The van der Waals surface area contributed by atoms with Gasteiger partial charge in [0.05, 0.1) is 17.4 Å². The first kappa shape index (κ1) is 29.4. The van der Waals surface area contributed by atoms with Crippen LogP contribution >= 0.6 is 0 Å². The standard InChI is InChI=1S/C27H24F2N6O7/c28-17-7-9-19(10-8-17)30-26(39)33-11-12-34(27(40)31-20-5-2-4-18(29)14-20)25(33)24(38)32-22(15-23(36)37)16-3-1-6-21(13-16)35(41)42/h1-10,13-14,22,25H,11-12,15H2,(H,30,39)(H,31,40)(H,32,38)(H,36,37). The van der Waals surface area contributed by atoms with Gasteiger partial charge in [-0.3, -0.25) is 29.5 Å². The minimum Gasteiger partial charge on any atom is -0.481 e. The first-order valence-electron chi connectivity index (χ1n) is 12.4. The lowest BCUT2D eigenvalue weighted by molar-refractivity contribution is -0.384. The number of halogens is 2. The number of anilines is 2. The molecule has 0 aliphatic carbocycles. The van der Waals surface area contributed by atoms with Crippen LogP contribution in [0.4, 0.5) is 35.4 Å². The molecule has 1 aliphatic heterocycles. The highest BCUT2D eigenvalue weighted by Gasteiger charge is 2.43. The number of nitro benzene ring substituents is 1. The van der Waals surface area contributed by atoms with Crippen LogP contribution in [-0.4, -0.2) is 63.0 Å². The SMILES string of the molecule is O=C(O)CC(NC(=O)C1N(C(=O)Nc2ccc(F)cc2)CCN1C(=O)Nc1cccc(F)c1)c1cccc([N+](=O)[O-])c1. The topological polar surface area (TPSA) is 174 Å². The van der Waals surface area contributed by atoms with Crippen LogP contribution in [0.25, 0.3) is 0 Å². The van der Waals surface area contributed by atoms with Gasteiger partial charge in [0.25, 0.3) is 11.6 Å². The van der Waals surface area contributed by atoms with Gasteiger partial charge in [-0.1, -0.05) is 18.2 Å². The Hall–Kier alpha value is -5.60. The van der Waals surface area contributed by atoms with Crippen molar-refractivity contribution in [2.75, 3.05) is 23.7 Å². The lowest BCUT2D eigenvalue weighted by atomic mass is 10.0. The van der Waals surface area contributed by atoms with E-state index in [4.69, 9.17) is 0 Å². The van der Waals surface area contributed by atoms with Crippen LogP contribution in [0.2, 0.25) is 0 Å². The lowest BCUT2D eigenvalue weighted by Crippen LogP contribution is -2.56. The van der Waals surface area contributed by atoms with Crippen molar-refractivity contribution in [3.8, 4) is 0 Å². The number of carboxylic acids is 1. The molecule has 2 atom stereocenters. The molecule has 13 nitrogen and oxygen atoms in total. The summed E-state index contributed by atoms with van der Waals surface area (Å²) in [7, 11) is 0. The number of hydrogen-bond donors (Lipinski definition) is 4. The molecule has 3 aromatic rings. The Morgan fingerprint density at radius 3 is 2.10 bits per heavy atom. The Morgan fingerprint density at radius 1 is 0.881 bits per heavy atom. The number of nitro groups is 1. The molecule has 0 spiro atoms. The lowest BCUT2D eigenvalue weighted by Gasteiger charge is -2.30. The molecule has 4 N–H and O–H groups in total. The zero-order chi connectivity index (χ0) is 30.4. The molecule has 4 rings (SSSR count). The number of urea groups is 2. The quantitative estimate of drug-likeness (QED) is 0.230. The molecule has 1 fully saturated rings. The summed E-state index contributed by atoms with van der Waals surface area (Å²) in [5.41, 5.74) is 0.0442. The highest BCUT2D eigenvalue weighted by atomic mass is 19.1. The summed E-state index contributed by atoms with van der Waals surface area (Å²) in [5, 5.41) is 28.2. The van der Waals surface area contributed by atoms with E-state index in [1.165, 1.54) is 48.5 Å². The zero-order valence-electron chi connectivity index (χ0n) is 21.7. The van der Waals surface area contributed by atoms with E-state index in [9.17, 15) is 43.2 Å². The van der Waals surface area contributed by atoms with Crippen LogP contribution < -0.4 is 16.0 Å². The third-order valence-electron chi connectivity index (χ3n) is 6.28. The molecule has 0 aromatic heterocycles. The van der Waals surface area contributed by atoms with E-state index in [-0.39, 0.29) is 35.7 Å². The minimum atomic E-state index is -1.62. The van der Waals surface area contributed by atoms with Crippen molar-refractivity contribution in [1.82, 2.24) is 15.1 Å². The summed E-state index contributed by atoms with van der Waals surface area (Å²) >= 11 is 0. The molecule has 3 aromatic carbocycles. The molecule has 1 saturated heterocycles. The van der Waals surface area contributed by atoms with Gasteiger partial charge in [0, 0.05) is 36.6 Å². The molecule has 1 heterocycles. The van der Waals surface area contributed by atoms with Crippen molar-refractivity contribution >= 4 is 41.0 Å². The van der Waals surface area contributed by atoms with Gasteiger partial charge < -0.3 is 21.1 Å². The third-order valence-corrected chi connectivity index (χ3v) is 6.28. The largest absolute Gasteiger partial charge is 0.481 e. The van der Waals surface area contributed by atoms with E-state index in [0.29, 0.717) is 0 Å². The average molecular weight is 583 g/mol. The molecule has 42 heavy (non-hydrogen) atoms. The third kappa shape index (κ3) is 7.12. The van der Waals surface area contributed by atoms with Gasteiger partial charge in [-0.05, 0) is 48.0 Å². The van der Waals surface area contributed by atoms with Crippen molar-refractivity contribution < 1.29 is 38.0 Å². The van der Waals surface area contributed by atoms with Crippen molar-refractivity contribution in [2.24, 2.45) is 0 Å². The predicted octanol–water partition coefficient (Wildman–Crippen LogP) is 3.91. The average Bonchev–Trinajstić information content (AvgIpc) is 3.40. The fraction of sp³-hybridized carbons (Fsp3) is 0.185. The van der Waals surface area contributed by atoms with Gasteiger partial charge in [0.2, 0.25) is 0 Å². The molecule has 218 valence electrons. The number of nitrogens with one attached hydrogen (secondary N) is 3. The maximum atomic E-state index is 13.7. The number of non-ortho nitro benzene ring substituents is 1. The van der Waals surface area contributed by atoms with Gasteiger partial charge in [-0.15, -0.1) is 0 Å². The monoisotopic (exact) mass is 582 g/mol. The number of carbonyl (C=O) groups is 4. The van der Waals surface area contributed by atoms with Crippen LogP contribution in [0.1, 0.15) is 18.0 Å². The molecular formula is C27H24F2N6O7. The fourth-order valence-corrected chi connectivity index (χ4v) is 4.35.